The van der Waals surface area contributed by atoms with Gasteiger partial charge in [-0.2, -0.15) is 0 Å². The van der Waals surface area contributed by atoms with Crippen LogP contribution in [-0.4, -0.2) is 39.0 Å². The fourth-order valence-corrected chi connectivity index (χ4v) is 2.37. The molecule has 0 aromatic carbocycles. The molecule has 0 fully saturated rings. The van der Waals surface area contributed by atoms with Crippen LogP contribution in [-0.2, 0) is 0 Å². The lowest BCUT2D eigenvalue weighted by Gasteiger charge is -2.34. The molecule has 0 saturated heterocycles. The molecule has 0 spiro atoms. The van der Waals surface area contributed by atoms with Gasteiger partial charge < -0.3 is 14.4 Å². The highest BCUT2D eigenvalue weighted by Crippen LogP contribution is 2.23. The van der Waals surface area contributed by atoms with Crippen LogP contribution < -0.4 is 0 Å². The van der Waals surface area contributed by atoms with E-state index in [2.05, 4.69) is 50.5 Å². The maximum Gasteiger partial charge on any atom is 0.0995 e. The molecule has 98 valence electrons. The van der Waals surface area contributed by atoms with Crippen molar-refractivity contribution in [2.45, 2.75) is 6.92 Å². The lowest BCUT2D eigenvalue weighted by molar-refractivity contribution is 0.310. The van der Waals surface area contributed by atoms with Crippen molar-refractivity contribution < 1.29 is 0 Å². The van der Waals surface area contributed by atoms with Gasteiger partial charge in [0.2, 0.25) is 0 Å². The molecule has 0 N–H and O–H groups in total. The number of imidazole rings is 1. The molecule has 3 heterocycles. The molecule has 3 rings (SSSR count). The Morgan fingerprint density at radius 3 is 2.84 bits per heavy atom. The predicted molar refractivity (Wildman–Crippen MR) is 76.9 cm³/mol. The summed E-state index contributed by atoms with van der Waals surface area (Å²) in [5, 5.41) is 0. The first-order chi connectivity index (χ1) is 9.26. The number of hydrogen-bond acceptors (Lipinski definition) is 3. The van der Waals surface area contributed by atoms with E-state index in [1.807, 2.05) is 25.5 Å². The van der Waals surface area contributed by atoms with Crippen LogP contribution >= 0.6 is 0 Å². The second-order valence-electron chi connectivity index (χ2n) is 4.84. The molecule has 0 saturated carbocycles. The van der Waals surface area contributed by atoms with Crippen molar-refractivity contribution in [3.05, 3.63) is 61.1 Å². The summed E-state index contributed by atoms with van der Waals surface area (Å²) in [6.07, 6.45) is 14.5. The summed E-state index contributed by atoms with van der Waals surface area (Å²) in [6, 6.07) is 0. The van der Waals surface area contributed by atoms with Crippen LogP contribution in [0.5, 0.6) is 0 Å². The number of allylic oxidation sites excluding steroid dienone is 3. The molecule has 1 aromatic rings. The molecule has 1 aromatic heterocycles. The number of nitrogens with zero attached hydrogens (tertiary/aromatic N) is 4. The molecule has 0 atom stereocenters. The average Bonchev–Trinajstić information content (AvgIpc) is 2.85. The van der Waals surface area contributed by atoms with E-state index in [9.17, 15) is 0 Å². The first kappa shape index (κ1) is 11.8. The number of aromatic nitrogens is 2. The third-order valence-electron chi connectivity index (χ3n) is 3.36. The van der Waals surface area contributed by atoms with Crippen LogP contribution in [0.25, 0.3) is 5.70 Å². The molecule has 0 amide bonds. The van der Waals surface area contributed by atoms with Crippen molar-refractivity contribution in [3.63, 3.8) is 0 Å². The van der Waals surface area contributed by atoms with E-state index < -0.39 is 0 Å². The molecule has 19 heavy (non-hydrogen) atoms. The van der Waals surface area contributed by atoms with Gasteiger partial charge in [0, 0.05) is 38.2 Å². The van der Waals surface area contributed by atoms with E-state index in [1.165, 1.54) is 5.70 Å². The Balaban J connectivity index is 1.83. The summed E-state index contributed by atoms with van der Waals surface area (Å²) in [4.78, 5) is 8.83. The van der Waals surface area contributed by atoms with Gasteiger partial charge in [-0.15, -0.1) is 6.58 Å². The van der Waals surface area contributed by atoms with E-state index >= 15 is 0 Å². The Kier molecular flexibility index (Phi) is 2.99. The van der Waals surface area contributed by atoms with E-state index in [4.69, 9.17) is 0 Å². The van der Waals surface area contributed by atoms with E-state index in [1.54, 1.807) is 0 Å². The molecule has 2 aliphatic rings. The summed E-state index contributed by atoms with van der Waals surface area (Å²) in [5.74, 6) is 0. The predicted octanol–water partition coefficient (Wildman–Crippen LogP) is 2.20. The molecule has 0 radical (unpaired) electrons. The second kappa shape index (κ2) is 4.80. The summed E-state index contributed by atoms with van der Waals surface area (Å²) < 4.78 is 2.05. The van der Waals surface area contributed by atoms with Gasteiger partial charge in [0.25, 0.3) is 0 Å². The minimum atomic E-state index is 0.905. The third kappa shape index (κ3) is 2.34. The summed E-state index contributed by atoms with van der Waals surface area (Å²) >= 11 is 0. The number of rotatable bonds is 3. The molecule has 0 unspecified atom stereocenters. The Hall–Kier alpha value is -2.23. The number of aryl methyl sites for hydroxylation is 1. The van der Waals surface area contributed by atoms with Gasteiger partial charge in [0.15, 0.2) is 0 Å². The minimum absolute atomic E-state index is 0.905. The highest BCUT2D eigenvalue weighted by molar-refractivity contribution is 5.61. The zero-order valence-electron chi connectivity index (χ0n) is 11.2. The van der Waals surface area contributed by atoms with Crippen molar-refractivity contribution in [2.75, 3.05) is 19.6 Å². The van der Waals surface area contributed by atoms with Gasteiger partial charge in [-0.05, 0) is 19.1 Å². The fourth-order valence-electron chi connectivity index (χ4n) is 2.37. The van der Waals surface area contributed by atoms with Gasteiger partial charge >= 0.3 is 0 Å². The SMILES string of the molecule is C=CCN1C=C2C=CC(n3cnc(C)c3)=CN2CC1. The van der Waals surface area contributed by atoms with Crippen molar-refractivity contribution in [1.29, 1.82) is 0 Å². The van der Waals surface area contributed by atoms with Gasteiger partial charge in [-0.1, -0.05) is 6.08 Å². The van der Waals surface area contributed by atoms with E-state index in [0.717, 1.165) is 31.0 Å². The number of fused-ring (bicyclic) bond motifs is 1. The lowest BCUT2D eigenvalue weighted by Crippen LogP contribution is -2.36. The first-order valence-electron chi connectivity index (χ1n) is 6.50. The lowest BCUT2D eigenvalue weighted by atomic mass is 10.2. The summed E-state index contributed by atoms with van der Waals surface area (Å²) in [6.45, 7) is 8.72. The monoisotopic (exact) mass is 254 g/mol. The van der Waals surface area contributed by atoms with Crippen LogP contribution in [0.3, 0.4) is 0 Å². The zero-order valence-corrected chi connectivity index (χ0v) is 11.2. The summed E-state index contributed by atoms with van der Waals surface area (Å²) in [7, 11) is 0. The Morgan fingerprint density at radius 1 is 1.26 bits per heavy atom. The smallest absolute Gasteiger partial charge is 0.0995 e. The zero-order chi connectivity index (χ0) is 13.2. The van der Waals surface area contributed by atoms with Crippen LogP contribution in [0, 0.1) is 6.92 Å². The van der Waals surface area contributed by atoms with E-state index in [-0.39, 0.29) is 0 Å². The molecule has 4 nitrogen and oxygen atoms in total. The van der Waals surface area contributed by atoms with Crippen LogP contribution in [0.15, 0.2) is 55.4 Å². The standard InChI is InChI=1S/C15H18N4/c1-3-6-17-7-8-18-11-15(5-4-14(18)10-17)19-9-13(2)16-12-19/h3-5,9-12H,1,6-8H2,2H3. The number of hydrogen-bond donors (Lipinski definition) is 0. The van der Waals surface area contributed by atoms with Crippen molar-refractivity contribution in [1.82, 2.24) is 19.4 Å². The maximum atomic E-state index is 4.27. The molecule has 2 aliphatic heterocycles. The van der Waals surface area contributed by atoms with Gasteiger partial charge in [-0.3, -0.25) is 0 Å². The highest BCUT2D eigenvalue weighted by atomic mass is 15.2. The normalized spacial score (nSPS) is 17.9. The molecule has 0 aliphatic carbocycles. The Bertz CT molecular complexity index is 577. The van der Waals surface area contributed by atoms with Gasteiger partial charge in [-0.25, -0.2) is 4.98 Å². The quantitative estimate of drug-likeness (QED) is 0.773. The van der Waals surface area contributed by atoms with Crippen molar-refractivity contribution >= 4 is 5.70 Å². The second-order valence-corrected chi connectivity index (χ2v) is 4.84. The Labute approximate surface area is 113 Å². The van der Waals surface area contributed by atoms with Crippen LogP contribution in [0.4, 0.5) is 0 Å². The largest absolute Gasteiger partial charge is 0.370 e. The first-order valence-corrected chi connectivity index (χ1v) is 6.50. The molecular weight excluding hydrogens is 236 g/mol. The van der Waals surface area contributed by atoms with Crippen molar-refractivity contribution in [2.24, 2.45) is 0 Å². The van der Waals surface area contributed by atoms with Crippen LogP contribution in [0.2, 0.25) is 0 Å². The fraction of sp³-hybridized carbons (Fsp3) is 0.267. The van der Waals surface area contributed by atoms with E-state index in [0.29, 0.717) is 0 Å². The van der Waals surface area contributed by atoms with Crippen molar-refractivity contribution in [3.8, 4) is 0 Å². The Morgan fingerprint density at radius 2 is 2.11 bits per heavy atom. The minimum Gasteiger partial charge on any atom is -0.370 e. The average molecular weight is 254 g/mol. The molecular formula is C15H18N4. The topological polar surface area (TPSA) is 24.3 Å². The highest BCUT2D eigenvalue weighted by Gasteiger charge is 2.17. The van der Waals surface area contributed by atoms with Crippen LogP contribution in [0.1, 0.15) is 5.69 Å². The third-order valence-corrected chi connectivity index (χ3v) is 3.36. The summed E-state index contributed by atoms with van der Waals surface area (Å²) in [5.41, 5.74) is 3.41. The molecule has 4 heteroatoms. The maximum absolute atomic E-state index is 4.27. The van der Waals surface area contributed by atoms with Gasteiger partial charge in [0.05, 0.1) is 23.4 Å². The van der Waals surface area contributed by atoms with Gasteiger partial charge in [0.1, 0.15) is 0 Å². The molecule has 0 bridgehead atoms.